The molecule has 1 aliphatic heterocycles. The van der Waals surface area contributed by atoms with Gasteiger partial charge in [0.1, 0.15) is 0 Å². The number of pyridine rings is 1. The molecular weight excluding hydrogens is 412 g/mol. The van der Waals surface area contributed by atoms with Gasteiger partial charge in [0, 0.05) is 43.7 Å². The summed E-state index contributed by atoms with van der Waals surface area (Å²) in [5, 5.41) is 3.98. The number of carbonyl (C=O) groups is 1. The van der Waals surface area contributed by atoms with Crippen LogP contribution in [0.15, 0.2) is 54.6 Å². The van der Waals surface area contributed by atoms with Crippen molar-refractivity contribution in [1.82, 2.24) is 20.1 Å². The number of aromatic nitrogens is 1. The van der Waals surface area contributed by atoms with Crippen molar-refractivity contribution in [3.8, 4) is 11.3 Å². The van der Waals surface area contributed by atoms with Crippen LogP contribution in [0.3, 0.4) is 0 Å². The molecule has 174 valence electrons. The lowest BCUT2D eigenvalue weighted by molar-refractivity contribution is 0.0342. The van der Waals surface area contributed by atoms with E-state index in [1.54, 1.807) is 0 Å². The van der Waals surface area contributed by atoms with E-state index in [-0.39, 0.29) is 5.91 Å². The minimum absolute atomic E-state index is 0.0501. The highest BCUT2D eigenvalue weighted by atomic mass is 16.5. The van der Waals surface area contributed by atoms with Crippen LogP contribution in [0.1, 0.15) is 29.8 Å². The summed E-state index contributed by atoms with van der Waals surface area (Å²) in [5.41, 5.74) is 4.62. The first-order chi connectivity index (χ1) is 16.2. The van der Waals surface area contributed by atoms with E-state index < -0.39 is 0 Å². The van der Waals surface area contributed by atoms with Crippen LogP contribution in [-0.2, 0) is 11.3 Å². The Morgan fingerprint density at radius 1 is 1.06 bits per heavy atom. The smallest absolute Gasteiger partial charge is 0.252 e. The fraction of sp³-hybridized carbons (Fsp3) is 0.407. The Bertz CT molecular complexity index is 1060. The van der Waals surface area contributed by atoms with Crippen molar-refractivity contribution in [1.29, 1.82) is 0 Å². The number of para-hydroxylation sites is 1. The van der Waals surface area contributed by atoms with Crippen LogP contribution < -0.4 is 5.32 Å². The van der Waals surface area contributed by atoms with E-state index >= 15 is 0 Å². The van der Waals surface area contributed by atoms with Gasteiger partial charge in [0.2, 0.25) is 0 Å². The second-order valence-corrected chi connectivity index (χ2v) is 8.44. The Balaban J connectivity index is 1.54. The van der Waals surface area contributed by atoms with Gasteiger partial charge in [-0.1, -0.05) is 56.3 Å². The zero-order valence-corrected chi connectivity index (χ0v) is 19.7. The molecular formula is C27H34N4O2. The summed E-state index contributed by atoms with van der Waals surface area (Å²) in [7, 11) is 0. The first-order valence-corrected chi connectivity index (χ1v) is 12.0. The molecule has 1 aromatic heterocycles. The summed E-state index contributed by atoms with van der Waals surface area (Å²) in [5.74, 6) is -0.0501. The van der Waals surface area contributed by atoms with Gasteiger partial charge in [-0.3, -0.25) is 9.69 Å². The molecule has 1 aliphatic rings. The van der Waals surface area contributed by atoms with Gasteiger partial charge in [-0.05, 0) is 30.8 Å². The number of likely N-dealkylation sites (N-methyl/N-ethyl adjacent to an activating group) is 1. The predicted molar refractivity (Wildman–Crippen MR) is 133 cm³/mol. The number of ether oxygens (including phenoxy) is 1. The van der Waals surface area contributed by atoms with E-state index in [2.05, 4.69) is 53.2 Å². The van der Waals surface area contributed by atoms with E-state index in [4.69, 9.17) is 9.72 Å². The number of amides is 1. The summed E-state index contributed by atoms with van der Waals surface area (Å²) in [6.45, 7) is 12.2. The Labute approximate surface area is 196 Å². The van der Waals surface area contributed by atoms with Crippen LogP contribution in [0.2, 0.25) is 0 Å². The molecule has 0 aliphatic carbocycles. The molecule has 0 saturated carbocycles. The number of rotatable bonds is 9. The fourth-order valence-corrected chi connectivity index (χ4v) is 4.27. The number of hydrogen-bond donors (Lipinski definition) is 1. The average molecular weight is 447 g/mol. The molecule has 2 aromatic carbocycles. The Hall–Kier alpha value is -2.80. The highest BCUT2D eigenvalue weighted by molar-refractivity contribution is 6.07. The van der Waals surface area contributed by atoms with Gasteiger partial charge in [-0.25, -0.2) is 4.98 Å². The molecule has 0 unspecified atom stereocenters. The van der Waals surface area contributed by atoms with E-state index in [0.29, 0.717) is 12.1 Å². The summed E-state index contributed by atoms with van der Waals surface area (Å²) >= 11 is 0. The van der Waals surface area contributed by atoms with Crippen LogP contribution >= 0.6 is 0 Å². The monoisotopic (exact) mass is 446 g/mol. The first kappa shape index (κ1) is 23.4. The second kappa shape index (κ2) is 11.4. The summed E-state index contributed by atoms with van der Waals surface area (Å²) in [4.78, 5) is 22.7. The molecule has 0 bridgehead atoms. The third-order valence-corrected chi connectivity index (χ3v) is 6.33. The molecule has 2 heterocycles. The lowest BCUT2D eigenvalue weighted by Gasteiger charge is -2.26. The van der Waals surface area contributed by atoms with Crippen molar-refractivity contribution < 1.29 is 9.53 Å². The van der Waals surface area contributed by atoms with E-state index in [1.165, 1.54) is 5.56 Å². The molecule has 1 amide bonds. The minimum atomic E-state index is -0.0501. The molecule has 3 aromatic rings. The molecule has 6 nitrogen and oxygen atoms in total. The predicted octanol–water partition coefficient (Wildman–Crippen LogP) is 3.81. The van der Waals surface area contributed by atoms with Crippen LogP contribution in [0.25, 0.3) is 22.2 Å². The number of hydrogen-bond acceptors (Lipinski definition) is 5. The number of fused-ring (bicyclic) bond motifs is 1. The zero-order chi connectivity index (χ0) is 23.0. The van der Waals surface area contributed by atoms with Crippen molar-refractivity contribution in [2.45, 2.75) is 20.4 Å². The van der Waals surface area contributed by atoms with Crippen LogP contribution in [0, 0.1) is 0 Å². The SMILES string of the molecule is CCN(CC)CCNC(=O)c1cc(-c2ccc(CN3CCOCC3)cc2)nc2ccccc12. The van der Waals surface area contributed by atoms with Crippen molar-refractivity contribution in [2.75, 3.05) is 52.5 Å². The molecule has 0 atom stereocenters. The molecule has 4 rings (SSSR count). The number of nitrogens with one attached hydrogen (secondary N) is 1. The number of nitrogens with zero attached hydrogens (tertiary/aromatic N) is 3. The molecule has 0 spiro atoms. The third-order valence-electron chi connectivity index (χ3n) is 6.33. The van der Waals surface area contributed by atoms with Crippen LogP contribution in [0.4, 0.5) is 0 Å². The Kier molecular flexibility index (Phi) is 8.05. The number of benzene rings is 2. The quantitative estimate of drug-likeness (QED) is 0.542. The summed E-state index contributed by atoms with van der Waals surface area (Å²) < 4.78 is 5.44. The maximum atomic E-state index is 13.1. The van der Waals surface area contributed by atoms with Gasteiger partial charge >= 0.3 is 0 Å². The highest BCUT2D eigenvalue weighted by Crippen LogP contribution is 2.25. The highest BCUT2D eigenvalue weighted by Gasteiger charge is 2.15. The fourth-order valence-electron chi connectivity index (χ4n) is 4.27. The van der Waals surface area contributed by atoms with E-state index in [1.807, 2.05) is 30.3 Å². The van der Waals surface area contributed by atoms with Gasteiger partial charge < -0.3 is 15.0 Å². The van der Waals surface area contributed by atoms with Gasteiger partial charge in [-0.2, -0.15) is 0 Å². The van der Waals surface area contributed by atoms with Gasteiger partial charge in [-0.15, -0.1) is 0 Å². The molecule has 33 heavy (non-hydrogen) atoms. The zero-order valence-electron chi connectivity index (χ0n) is 19.7. The van der Waals surface area contributed by atoms with Gasteiger partial charge in [0.25, 0.3) is 5.91 Å². The van der Waals surface area contributed by atoms with Crippen molar-refractivity contribution >= 4 is 16.8 Å². The van der Waals surface area contributed by atoms with Crippen molar-refractivity contribution in [3.05, 3.63) is 65.7 Å². The molecule has 6 heteroatoms. The summed E-state index contributed by atoms with van der Waals surface area (Å²) in [6.07, 6.45) is 0. The summed E-state index contributed by atoms with van der Waals surface area (Å²) in [6, 6.07) is 18.3. The van der Waals surface area contributed by atoms with Crippen molar-refractivity contribution in [2.24, 2.45) is 0 Å². The topological polar surface area (TPSA) is 57.7 Å². The molecule has 0 radical (unpaired) electrons. The normalized spacial score (nSPS) is 14.6. The lowest BCUT2D eigenvalue weighted by atomic mass is 10.0. The van der Waals surface area contributed by atoms with Crippen LogP contribution in [0.5, 0.6) is 0 Å². The molecule has 1 fully saturated rings. The average Bonchev–Trinajstić information content (AvgIpc) is 2.87. The van der Waals surface area contributed by atoms with E-state index in [9.17, 15) is 4.79 Å². The maximum absolute atomic E-state index is 13.1. The number of carbonyl (C=O) groups excluding carboxylic acids is 1. The van der Waals surface area contributed by atoms with E-state index in [0.717, 1.165) is 74.6 Å². The third kappa shape index (κ3) is 5.96. The van der Waals surface area contributed by atoms with Crippen molar-refractivity contribution in [3.63, 3.8) is 0 Å². The Morgan fingerprint density at radius 2 is 1.79 bits per heavy atom. The second-order valence-electron chi connectivity index (χ2n) is 8.44. The van der Waals surface area contributed by atoms with Gasteiger partial charge in [0.15, 0.2) is 0 Å². The molecule has 1 saturated heterocycles. The Morgan fingerprint density at radius 3 is 2.52 bits per heavy atom. The van der Waals surface area contributed by atoms with Gasteiger partial charge in [0.05, 0.1) is 30.0 Å². The first-order valence-electron chi connectivity index (χ1n) is 12.0. The largest absolute Gasteiger partial charge is 0.379 e. The maximum Gasteiger partial charge on any atom is 0.252 e. The minimum Gasteiger partial charge on any atom is -0.379 e. The number of morpholine rings is 1. The standard InChI is InChI=1S/C27H34N4O2/c1-3-30(4-2)14-13-28-27(32)24-19-26(29-25-8-6-5-7-23(24)25)22-11-9-21(10-12-22)20-31-15-17-33-18-16-31/h5-12,19H,3-4,13-18,20H2,1-2H3,(H,28,32). The van der Waals surface area contributed by atoms with Crippen LogP contribution in [-0.4, -0.2) is 73.2 Å². The lowest BCUT2D eigenvalue weighted by Crippen LogP contribution is -2.35. The molecule has 1 N–H and O–H groups in total.